The van der Waals surface area contributed by atoms with Gasteiger partial charge in [0.2, 0.25) is 5.91 Å². The van der Waals surface area contributed by atoms with E-state index in [0.29, 0.717) is 93.2 Å². The zero-order chi connectivity index (χ0) is 40.0. The summed E-state index contributed by atoms with van der Waals surface area (Å²) >= 11 is 13.0. The molecule has 2 aromatic carbocycles. The van der Waals surface area contributed by atoms with Gasteiger partial charge in [0.15, 0.2) is 0 Å². The number of piperazine rings is 1. The Morgan fingerprint density at radius 3 is 2.40 bits per heavy atom. The Balaban J connectivity index is 1.04. The third-order valence-electron chi connectivity index (χ3n) is 12.0. The minimum absolute atomic E-state index is 0.0333. The number of methoxy groups -OCH3 is 1. The average molecular weight is 819 g/mol. The number of esters is 1. The highest BCUT2D eigenvalue weighted by molar-refractivity contribution is 6.42. The molecule has 1 aromatic heterocycles. The van der Waals surface area contributed by atoms with Crippen LogP contribution in [-0.4, -0.2) is 128 Å². The molecule has 5 heterocycles. The van der Waals surface area contributed by atoms with E-state index in [0.717, 1.165) is 36.1 Å². The molecule has 14 nitrogen and oxygen atoms in total. The summed E-state index contributed by atoms with van der Waals surface area (Å²) in [7, 11) is 1.56. The van der Waals surface area contributed by atoms with Crippen LogP contribution in [0, 0.1) is 0 Å². The molecule has 3 saturated heterocycles. The summed E-state index contributed by atoms with van der Waals surface area (Å²) in [6.07, 6.45) is 7.95. The highest BCUT2D eigenvalue weighted by Crippen LogP contribution is 2.42. The molecule has 2 amide bonds. The van der Waals surface area contributed by atoms with Crippen LogP contribution in [0.4, 0.5) is 0 Å². The van der Waals surface area contributed by atoms with Gasteiger partial charge in [0.05, 0.1) is 47.5 Å². The number of halogens is 2. The Morgan fingerprint density at radius 1 is 0.912 bits per heavy atom. The van der Waals surface area contributed by atoms with Gasteiger partial charge < -0.3 is 19.3 Å². The number of rotatable bonds is 13. The van der Waals surface area contributed by atoms with Crippen LogP contribution >= 0.6 is 23.2 Å². The molecule has 4 aliphatic heterocycles. The molecule has 3 aromatic rings. The summed E-state index contributed by atoms with van der Waals surface area (Å²) in [6, 6.07) is 14.8. The Hall–Kier alpha value is -4.47. The van der Waals surface area contributed by atoms with Crippen LogP contribution in [0.15, 0.2) is 76.4 Å². The van der Waals surface area contributed by atoms with Gasteiger partial charge in [0.1, 0.15) is 11.8 Å². The maximum absolute atomic E-state index is 14.3. The smallest absolute Gasteiger partial charge is 0.320 e. The van der Waals surface area contributed by atoms with E-state index in [1.807, 2.05) is 58.6 Å². The van der Waals surface area contributed by atoms with Gasteiger partial charge in [-0.2, -0.15) is 5.11 Å². The van der Waals surface area contributed by atoms with Crippen molar-refractivity contribution in [3.05, 3.63) is 93.2 Å². The number of hydrazine groups is 1. The topological polar surface area (TPSA) is 145 Å². The van der Waals surface area contributed by atoms with E-state index in [-0.39, 0.29) is 35.8 Å². The van der Waals surface area contributed by atoms with Gasteiger partial charge in [0, 0.05) is 57.1 Å². The van der Waals surface area contributed by atoms with E-state index in [1.54, 1.807) is 32.5 Å². The van der Waals surface area contributed by atoms with Crippen molar-refractivity contribution in [1.29, 1.82) is 0 Å². The van der Waals surface area contributed by atoms with Gasteiger partial charge in [0.25, 0.3) is 5.91 Å². The number of amides is 2. The summed E-state index contributed by atoms with van der Waals surface area (Å²) in [5.74, 6) is 0.112. The molecular formula is C41H49Cl2N9O5. The lowest BCUT2D eigenvalue weighted by Gasteiger charge is -2.43. The zero-order valence-corrected chi connectivity index (χ0v) is 33.9. The molecule has 2 atom stereocenters. The fourth-order valence-corrected chi connectivity index (χ4v) is 8.84. The van der Waals surface area contributed by atoms with E-state index in [9.17, 15) is 14.4 Å². The molecule has 0 saturated carbocycles. The number of likely N-dealkylation sites (tertiary alicyclic amines) is 2. The number of aromatic nitrogens is 1. The summed E-state index contributed by atoms with van der Waals surface area (Å²) in [5, 5.41) is 14.7. The van der Waals surface area contributed by atoms with Crippen LogP contribution in [-0.2, 0) is 25.2 Å². The van der Waals surface area contributed by atoms with Crippen molar-refractivity contribution in [2.45, 2.75) is 49.5 Å². The van der Waals surface area contributed by atoms with E-state index < -0.39 is 5.41 Å². The van der Waals surface area contributed by atoms with Gasteiger partial charge in [-0.3, -0.25) is 29.7 Å². The first-order valence-electron chi connectivity index (χ1n) is 19.6. The fourth-order valence-electron chi connectivity index (χ4n) is 8.54. The van der Waals surface area contributed by atoms with E-state index >= 15 is 0 Å². The van der Waals surface area contributed by atoms with Gasteiger partial charge in [-0.05, 0) is 104 Å². The molecule has 0 spiro atoms. The second-order valence-corrected chi connectivity index (χ2v) is 16.0. The zero-order valence-electron chi connectivity index (χ0n) is 32.4. The summed E-state index contributed by atoms with van der Waals surface area (Å²) in [4.78, 5) is 51.3. The third kappa shape index (κ3) is 9.00. The number of hydrogen-bond donors (Lipinski definition) is 1. The number of pyridine rings is 1. The largest absolute Gasteiger partial charge is 0.496 e. The Bertz CT molecular complexity index is 1970. The van der Waals surface area contributed by atoms with Crippen molar-refractivity contribution < 1.29 is 23.9 Å². The van der Waals surface area contributed by atoms with E-state index in [2.05, 4.69) is 35.6 Å². The fraction of sp³-hybridized carbons (Fsp3) is 0.488. The lowest BCUT2D eigenvalue weighted by Crippen LogP contribution is -2.59. The molecule has 0 bridgehead atoms. The molecule has 1 N–H and O–H groups in total. The first-order valence-corrected chi connectivity index (χ1v) is 20.3. The molecule has 57 heavy (non-hydrogen) atoms. The van der Waals surface area contributed by atoms with Gasteiger partial charge in [-0.15, -0.1) is 5.10 Å². The van der Waals surface area contributed by atoms with E-state index in [4.69, 9.17) is 32.7 Å². The number of nitrogens with one attached hydrogen (secondary N) is 1. The number of piperidine rings is 1. The lowest BCUT2D eigenvalue weighted by atomic mass is 9.72. The number of ether oxygens (including phenoxy) is 2. The van der Waals surface area contributed by atoms with Gasteiger partial charge in [-0.25, -0.2) is 5.01 Å². The van der Waals surface area contributed by atoms with Crippen molar-refractivity contribution in [2.75, 3.05) is 79.2 Å². The molecule has 3 fully saturated rings. The monoisotopic (exact) mass is 817 g/mol. The van der Waals surface area contributed by atoms with Gasteiger partial charge in [-0.1, -0.05) is 41.4 Å². The van der Waals surface area contributed by atoms with Crippen LogP contribution in [0.5, 0.6) is 5.75 Å². The van der Waals surface area contributed by atoms with Crippen molar-refractivity contribution in [2.24, 2.45) is 15.4 Å². The quantitative estimate of drug-likeness (QED) is 0.227. The SMILES string of the molecule is CCOC(=O)CN1CCN(NC(=O)C2(c3cccnc3)CCN(CCC3(c4ccc(Cl)c(Cl)c4)CCN(C(=O)c4cc(C5C=NN=N5)ccc4OC)C3)CC2)CC1. The molecule has 0 aliphatic carbocycles. The Morgan fingerprint density at radius 2 is 1.72 bits per heavy atom. The molecule has 16 heteroatoms. The highest BCUT2D eigenvalue weighted by Gasteiger charge is 2.46. The van der Waals surface area contributed by atoms with Crippen LogP contribution in [0.2, 0.25) is 10.0 Å². The molecule has 2 unspecified atom stereocenters. The van der Waals surface area contributed by atoms with Crippen molar-refractivity contribution in [3.63, 3.8) is 0 Å². The Kier molecular flexibility index (Phi) is 12.8. The minimum Gasteiger partial charge on any atom is -0.496 e. The normalized spacial score (nSPS) is 22.5. The predicted molar refractivity (Wildman–Crippen MR) is 217 cm³/mol. The standard InChI is InChI=1S/C41H49Cl2N9O5/c1-3-57-37(53)27-50-19-21-52(22-20-50)47-39(55)41(31-5-4-14-44-25-31)12-16-49(17-13-41)15-10-40(30-7-8-33(42)34(43)24-30)11-18-51(28-40)38(54)32-23-29(6-9-36(32)56-2)35-26-45-48-46-35/h4-9,14,23-26,35H,3,10-13,15-22,27-28H2,1-2H3,(H,47,55). The van der Waals surface area contributed by atoms with Crippen molar-refractivity contribution >= 4 is 47.2 Å². The number of benzene rings is 2. The maximum Gasteiger partial charge on any atom is 0.320 e. The molecule has 302 valence electrons. The first-order chi connectivity index (χ1) is 27.6. The highest BCUT2D eigenvalue weighted by atomic mass is 35.5. The maximum atomic E-state index is 14.3. The summed E-state index contributed by atoms with van der Waals surface area (Å²) in [6.45, 7) is 8.16. The van der Waals surface area contributed by atoms with E-state index in [1.165, 1.54) is 0 Å². The molecule has 4 aliphatic rings. The number of nitrogens with zero attached hydrogens (tertiary/aromatic N) is 8. The summed E-state index contributed by atoms with van der Waals surface area (Å²) in [5.41, 5.74) is 5.33. The van der Waals surface area contributed by atoms with Crippen molar-refractivity contribution in [1.82, 2.24) is 30.1 Å². The van der Waals surface area contributed by atoms with Crippen LogP contribution in [0.3, 0.4) is 0 Å². The second kappa shape index (κ2) is 18.0. The molecule has 0 radical (unpaired) electrons. The predicted octanol–water partition coefficient (Wildman–Crippen LogP) is 5.31. The van der Waals surface area contributed by atoms with Crippen LogP contribution in [0.1, 0.15) is 65.7 Å². The minimum atomic E-state index is -0.746. The number of hydrogen-bond acceptors (Lipinski definition) is 12. The Labute approximate surface area is 343 Å². The van der Waals surface area contributed by atoms with Crippen LogP contribution < -0.4 is 10.2 Å². The first kappa shape index (κ1) is 40.7. The molecule has 7 rings (SSSR count). The number of carbonyl (C=O) groups is 3. The lowest BCUT2D eigenvalue weighted by molar-refractivity contribution is -0.145. The van der Waals surface area contributed by atoms with Crippen molar-refractivity contribution in [3.8, 4) is 5.75 Å². The number of carbonyl (C=O) groups excluding carboxylic acids is 3. The third-order valence-corrected chi connectivity index (χ3v) is 12.7. The molecular weight excluding hydrogens is 769 g/mol. The average Bonchev–Trinajstić information content (AvgIpc) is 3.94. The second-order valence-electron chi connectivity index (χ2n) is 15.2. The summed E-state index contributed by atoms with van der Waals surface area (Å²) < 4.78 is 10.8. The van der Waals surface area contributed by atoms with Gasteiger partial charge >= 0.3 is 5.97 Å². The van der Waals surface area contributed by atoms with Crippen LogP contribution in [0.25, 0.3) is 0 Å².